The van der Waals surface area contributed by atoms with Crippen LogP contribution >= 0.6 is 0 Å². The first-order chi connectivity index (χ1) is 4.22. The molecule has 1 aliphatic rings. The van der Waals surface area contributed by atoms with Crippen molar-refractivity contribution in [3.8, 4) is 0 Å². The van der Waals surface area contributed by atoms with Crippen LogP contribution in [0.25, 0.3) is 0 Å². The second-order valence-electron chi connectivity index (χ2n) is 2.02. The van der Waals surface area contributed by atoms with Gasteiger partial charge in [-0.1, -0.05) is 0 Å². The minimum absolute atomic E-state index is 0. The molecule has 1 nitrogen and oxygen atoms in total. The molecule has 0 spiro atoms. The molecule has 4 heteroatoms. The van der Waals surface area contributed by atoms with E-state index in [9.17, 15) is 4.79 Å². The molecular weight excluding hydrogens is 197 g/mol. The third-order valence-corrected chi connectivity index (χ3v) is 1.70. The summed E-state index contributed by atoms with van der Waals surface area (Å²) in [4.78, 5) is 10.6. The SMILES string of the molecule is CC1=C([C](=O)[Co])CC=C1.F.F. The fourth-order valence-corrected chi connectivity index (χ4v) is 1.15. The first kappa shape index (κ1) is 13.1. The molecule has 0 fully saturated rings. The topological polar surface area (TPSA) is 17.1 Å². The van der Waals surface area contributed by atoms with Crippen molar-refractivity contribution >= 4 is 4.72 Å². The van der Waals surface area contributed by atoms with Gasteiger partial charge in [0, 0.05) is 0 Å². The Kier molecular flexibility index (Phi) is 6.21. The largest absolute Gasteiger partial charge is 0.269 e. The van der Waals surface area contributed by atoms with Crippen molar-refractivity contribution in [3.05, 3.63) is 23.3 Å². The van der Waals surface area contributed by atoms with E-state index in [1.807, 2.05) is 19.1 Å². The van der Waals surface area contributed by atoms with Gasteiger partial charge in [0.1, 0.15) is 0 Å². The summed E-state index contributed by atoms with van der Waals surface area (Å²) < 4.78 is -0.106. The summed E-state index contributed by atoms with van der Waals surface area (Å²) in [6.07, 6.45) is 4.67. The molecular formula is C7H9CoF2O. The van der Waals surface area contributed by atoms with Crippen molar-refractivity contribution in [2.45, 2.75) is 13.3 Å². The minimum atomic E-state index is -0.106. The molecule has 0 heterocycles. The zero-order valence-electron chi connectivity index (χ0n) is 5.92. The first-order valence-corrected chi connectivity index (χ1v) is 3.28. The molecule has 0 saturated heterocycles. The van der Waals surface area contributed by atoms with Gasteiger partial charge in [-0.3, -0.25) is 9.41 Å². The number of rotatable bonds is 1. The molecule has 0 aromatic carbocycles. The Balaban J connectivity index is 0. The molecule has 11 heavy (non-hydrogen) atoms. The Bertz CT molecular complexity index is 208. The van der Waals surface area contributed by atoms with Crippen LogP contribution in [0.1, 0.15) is 13.3 Å². The maximum absolute atomic E-state index is 10.6. The first-order valence-electron chi connectivity index (χ1n) is 2.75. The van der Waals surface area contributed by atoms with Gasteiger partial charge >= 0.3 is 61.9 Å². The monoisotopic (exact) mass is 206 g/mol. The molecule has 0 aliphatic heterocycles. The quantitative estimate of drug-likeness (QED) is 0.637. The van der Waals surface area contributed by atoms with E-state index in [-0.39, 0.29) is 14.1 Å². The van der Waals surface area contributed by atoms with Gasteiger partial charge < -0.3 is 0 Å². The van der Waals surface area contributed by atoms with Crippen LogP contribution in [-0.4, -0.2) is 4.72 Å². The van der Waals surface area contributed by atoms with Crippen LogP contribution in [0.4, 0.5) is 9.41 Å². The van der Waals surface area contributed by atoms with Gasteiger partial charge in [-0.25, -0.2) is 0 Å². The smallest absolute Gasteiger partial charge is 0.269 e. The zero-order valence-corrected chi connectivity index (χ0v) is 6.96. The van der Waals surface area contributed by atoms with Gasteiger partial charge in [-0.05, 0) is 0 Å². The van der Waals surface area contributed by atoms with Crippen molar-refractivity contribution in [1.29, 1.82) is 0 Å². The van der Waals surface area contributed by atoms with Gasteiger partial charge in [0.2, 0.25) is 0 Å². The van der Waals surface area contributed by atoms with Crippen LogP contribution in [0.15, 0.2) is 23.3 Å². The molecule has 66 valence electrons. The van der Waals surface area contributed by atoms with Crippen molar-refractivity contribution in [2.75, 3.05) is 0 Å². The fraction of sp³-hybridized carbons (Fsp3) is 0.286. The standard InChI is InChI=1S/C7H7O.Co.2FH/c1-6-3-2-4-7(6)5-8;;;/h2-3H,4H2,1H3;;2*1H. The average molecular weight is 206 g/mol. The van der Waals surface area contributed by atoms with Crippen LogP contribution < -0.4 is 0 Å². The summed E-state index contributed by atoms with van der Waals surface area (Å²) in [6, 6.07) is 0. The summed E-state index contributed by atoms with van der Waals surface area (Å²) in [5.41, 5.74) is 1.88. The molecule has 0 atom stereocenters. The maximum Gasteiger partial charge on any atom is -0.269 e. The number of carbonyl (C=O) groups excluding carboxylic acids is 1. The van der Waals surface area contributed by atoms with E-state index in [0.717, 1.165) is 17.6 Å². The third kappa shape index (κ3) is 2.94. The molecule has 0 unspecified atom stereocenters. The molecule has 0 aromatic rings. The Hall–Kier alpha value is -0.484. The maximum atomic E-state index is 10.6. The number of hydrogen-bond acceptors (Lipinski definition) is 1. The number of halogens is 2. The normalized spacial score (nSPS) is 14.1. The van der Waals surface area contributed by atoms with Crippen LogP contribution in [0.2, 0.25) is 0 Å². The summed E-state index contributed by atoms with van der Waals surface area (Å²) in [5.74, 6) is 0. The van der Waals surface area contributed by atoms with E-state index in [1.54, 1.807) is 0 Å². The second-order valence-corrected chi connectivity index (χ2v) is 2.49. The molecule has 0 radical (unpaired) electrons. The predicted molar refractivity (Wildman–Crippen MR) is 36.5 cm³/mol. The predicted octanol–water partition coefficient (Wildman–Crippen LogP) is 1.64. The van der Waals surface area contributed by atoms with Crippen LogP contribution in [-0.2, 0) is 20.5 Å². The van der Waals surface area contributed by atoms with Gasteiger partial charge in [-0.15, -0.1) is 0 Å². The summed E-state index contributed by atoms with van der Waals surface area (Å²) in [7, 11) is 0. The third-order valence-electron chi connectivity index (χ3n) is 1.39. The van der Waals surface area contributed by atoms with E-state index in [4.69, 9.17) is 0 Å². The van der Waals surface area contributed by atoms with Crippen molar-refractivity contribution < 1.29 is 29.9 Å². The fourth-order valence-electron chi connectivity index (χ4n) is 0.837. The van der Waals surface area contributed by atoms with Gasteiger partial charge in [0.05, 0.1) is 0 Å². The summed E-state index contributed by atoms with van der Waals surface area (Å²) in [5, 5.41) is 0. The molecule has 0 saturated carbocycles. The van der Waals surface area contributed by atoms with Gasteiger partial charge in [0.25, 0.3) is 0 Å². The van der Waals surface area contributed by atoms with E-state index in [1.165, 1.54) is 0 Å². The van der Waals surface area contributed by atoms with Crippen molar-refractivity contribution in [3.63, 3.8) is 0 Å². The Morgan fingerprint density at radius 1 is 1.55 bits per heavy atom. The molecule has 0 N–H and O–H groups in total. The average Bonchev–Trinajstić information content (AvgIpc) is 2.13. The summed E-state index contributed by atoms with van der Waals surface area (Å²) in [6.45, 7) is 1.92. The molecule has 0 amide bonds. The van der Waals surface area contributed by atoms with E-state index in [0.29, 0.717) is 0 Å². The minimum Gasteiger partial charge on any atom is -0.269 e. The summed E-state index contributed by atoms with van der Waals surface area (Å²) >= 11 is 3.76. The van der Waals surface area contributed by atoms with E-state index in [2.05, 4.69) is 15.7 Å². The van der Waals surface area contributed by atoms with Crippen molar-refractivity contribution in [1.82, 2.24) is 0 Å². The molecule has 1 aliphatic carbocycles. The van der Waals surface area contributed by atoms with E-state index < -0.39 is 0 Å². The Morgan fingerprint density at radius 3 is 2.27 bits per heavy atom. The molecule has 1 rings (SSSR count). The van der Waals surface area contributed by atoms with E-state index >= 15 is 0 Å². The van der Waals surface area contributed by atoms with Gasteiger partial charge in [0.15, 0.2) is 0 Å². The van der Waals surface area contributed by atoms with Crippen LogP contribution in [0, 0.1) is 0 Å². The second kappa shape index (κ2) is 5.20. The molecule has 0 aromatic heterocycles. The number of allylic oxidation sites excluding steroid dienone is 4. The van der Waals surface area contributed by atoms with Gasteiger partial charge in [-0.2, -0.15) is 0 Å². The zero-order chi connectivity index (χ0) is 6.85. The number of carbonyl (C=O) groups is 1. The molecule has 0 bridgehead atoms. The van der Waals surface area contributed by atoms with Crippen molar-refractivity contribution in [2.24, 2.45) is 0 Å². The Labute approximate surface area is 71.9 Å². The number of hydrogen-bond donors (Lipinski definition) is 0. The van der Waals surface area contributed by atoms with Crippen LogP contribution in [0.5, 0.6) is 0 Å². The Morgan fingerprint density at radius 2 is 2.09 bits per heavy atom. The van der Waals surface area contributed by atoms with Crippen LogP contribution in [0.3, 0.4) is 0 Å².